The van der Waals surface area contributed by atoms with Gasteiger partial charge in [0.1, 0.15) is 11.1 Å². The molecule has 29 heavy (non-hydrogen) atoms. The molecule has 1 amide bonds. The van der Waals surface area contributed by atoms with Crippen molar-refractivity contribution in [1.29, 1.82) is 5.26 Å². The molecule has 0 saturated carbocycles. The van der Waals surface area contributed by atoms with Crippen molar-refractivity contribution in [1.82, 2.24) is 5.32 Å². The van der Waals surface area contributed by atoms with Crippen LogP contribution < -0.4 is 20.1 Å². The Kier molecular flexibility index (Phi) is 6.86. The van der Waals surface area contributed by atoms with Crippen molar-refractivity contribution in [2.75, 3.05) is 19.5 Å². The monoisotopic (exact) mass is 427 g/mol. The molecule has 0 radical (unpaired) electrons. The summed E-state index contributed by atoms with van der Waals surface area (Å²) in [6, 6.07) is 7.63. The summed E-state index contributed by atoms with van der Waals surface area (Å²) in [5.41, 5.74) is 2.55. The number of aryl methyl sites for hydroxylation is 1. The lowest BCUT2D eigenvalue weighted by molar-refractivity contribution is -0.115. The first-order valence-electron chi connectivity index (χ1n) is 9.12. The maximum absolute atomic E-state index is 12.2. The van der Waals surface area contributed by atoms with E-state index in [2.05, 4.69) is 16.7 Å². The van der Waals surface area contributed by atoms with Gasteiger partial charge >= 0.3 is 0 Å². The Morgan fingerprint density at radius 2 is 2.00 bits per heavy atom. The first kappa shape index (κ1) is 20.8. The molecule has 3 rings (SSSR count). The molecule has 0 fully saturated rings. The van der Waals surface area contributed by atoms with E-state index >= 15 is 0 Å². The van der Waals surface area contributed by atoms with E-state index < -0.39 is 0 Å². The highest BCUT2D eigenvalue weighted by Gasteiger charge is 2.21. The van der Waals surface area contributed by atoms with Gasteiger partial charge in [-0.25, -0.2) is 0 Å². The van der Waals surface area contributed by atoms with Gasteiger partial charge in [-0.3, -0.25) is 10.1 Å². The molecule has 0 bridgehead atoms. The molecule has 1 heterocycles. The van der Waals surface area contributed by atoms with Crippen molar-refractivity contribution < 1.29 is 14.3 Å². The summed E-state index contributed by atoms with van der Waals surface area (Å²) in [5, 5.41) is 16.0. The zero-order valence-corrected chi connectivity index (χ0v) is 17.8. The van der Waals surface area contributed by atoms with Gasteiger partial charge in [-0.1, -0.05) is 6.07 Å². The van der Waals surface area contributed by atoms with E-state index in [9.17, 15) is 10.1 Å². The van der Waals surface area contributed by atoms with Crippen molar-refractivity contribution in [3.63, 3.8) is 0 Å². The average molecular weight is 428 g/mol. The van der Waals surface area contributed by atoms with E-state index in [-0.39, 0.29) is 11.0 Å². The number of rotatable bonds is 5. The van der Waals surface area contributed by atoms with Crippen LogP contribution in [0.25, 0.3) is 6.08 Å². The Morgan fingerprint density at radius 3 is 2.72 bits per heavy atom. The molecule has 1 aromatic heterocycles. The van der Waals surface area contributed by atoms with E-state index in [1.54, 1.807) is 43.8 Å². The minimum atomic E-state index is -0.364. The Labute approximate surface area is 179 Å². The molecule has 1 aliphatic carbocycles. The number of ether oxygens (including phenoxy) is 2. The molecule has 6 nitrogen and oxygen atoms in total. The van der Waals surface area contributed by atoms with Gasteiger partial charge in [0, 0.05) is 11.0 Å². The maximum atomic E-state index is 12.2. The van der Waals surface area contributed by atoms with Gasteiger partial charge in [0.15, 0.2) is 16.6 Å². The standard InChI is InChI=1S/C21H21N3O3S2/c1-26-16-9-7-13(11-17(16)27-2)8-10-19(25)23-21(28)24-20-15(12-22)14-5-3-4-6-18(14)29-20/h7-11H,3-6H2,1-2H3,(H2,23,24,25,28). The minimum absolute atomic E-state index is 0.169. The van der Waals surface area contributed by atoms with Crippen LogP contribution in [0.3, 0.4) is 0 Å². The summed E-state index contributed by atoms with van der Waals surface area (Å²) in [7, 11) is 3.12. The summed E-state index contributed by atoms with van der Waals surface area (Å²) in [6.45, 7) is 0. The fourth-order valence-electron chi connectivity index (χ4n) is 3.19. The van der Waals surface area contributed by atoms with Crippen LogP contribution in [0.15, 0.2) is 24.3 Å². The number of nitriles is 1. The fraction of sp³-hybridized carbons (Fsp3) is 0.286. The second-order valence-corrected chi connectivity index (χ2v) is 7.93. The van der Waals surface area contributed by atoms with E-state index in [0.29, 0.717) is 22.1 Å². The van der Waals surface area contributed by atoms with Crippen LogP contribution in [0.1, 0.15) is 34.4 Å². The van der Waals surface area contributed by atoms with Gasteiger partial charge in [0.05, 0.1) is 19.8 Å². The number of hydrogen-bond donors (Lipinski definition) is 2. The predicted molar refractivity (Wildman–Crippen MR) is 119 cm³/mol. The average Bonchev–Trinajstić information content (AvgIpc) is 3.08. The topological polar surface area (TPSA) is 83.4 Å². The Hall–Kier alpha value is -2.89. The summed E-state index contributed by atoms with van der Waals surface area (Å²) < 4.78 is 10.5. The van der Waals surface area contributed by atoms with Crippen molar-refractivity contribution in [2.45, 2.75) is 25.7 Å². The van der Waals surface area contributed by atoms with E-state index in [1.807, 2.05) is 6.07 Å². The van der Waals surface area contributed by atoms with Gasteiger partial charge in [0.25, 0.3) is 0 Å². The molecule has 1 aliphatic rings. The number of thiocarbonyl (C=S) groups is 1. The van der Waals surface area contributed by atoms with Crippen LogP contribution in [-0.2, 0) is 17.6 Å². The highest BCUT2D eigenvalue weighted by Crippen LogP contribution is 2.37. The number of methoxy groups -OCH3 is 2. The molecule has 0 unspecified atom stereocenters. The van der Waals surface area contributed by atoms with Gasteiger partial charge in [-0.15, -0.1) is 11.3 Å². The minimum Gasteiger partial charge on any atom is -0.493 e. The zero-order chi connectivity index (χ0) is 20.8. The normalized spacial score (nSPS) is 12.7. The number of nitrogens with one attached hydrogen (secondary N) is 2. The summed E-state index contributed by atoms with van der Waals surface area (Å²) in [6.07, 6.45) is 7.19. The van der Waals surface area contributed by atoms with Crippen molar-refractivity contribution in [2.24, 2.45) is 0 Å². The number of carbonyl (C=O) groups is 1. The number of fused-ring (bicyclic) bond motifs is 1. The van der Waals surface area contributed by atoms with Crippen LogP contribution in [0.5, 0.6) is 11.5 Å². The summed E-state index contributed by atoms with van der Waals surface area (Å²) >= 11 is 6.79. The Morgan fingerprint density at radius 1 is 1.24 bits per heavy atom. The van der Waals surface area contributed by atoms with Gasteiger partial charge in [-0.2, -0.15) is 5.26 Å². The van der Waals surface area contributed by atoms with Crippen LogP contribution in [-0.4, -0.2) is 25.2 Å². The molecule has 0 saturated heterocycles. The third-order valence-electron chi connectivity index (χ3n) is 4.58. The molecule has 150 valence electrons. The van der Waals surface area contributed by atoms with Crippen molar-refractivity contribution in [3.05, 3.63) is 45.8 Å². The second kappa shape index (κ2) is 9.54. The van der Waals surface area contributed by atoms with Crippen LogP contribution in [0.4, 0.5) is 5.00 Å². The van der Waals surface area contributed by atoms with Gasteiger partial charge < -0.3 is 14.8 Å². The van der Waals surface area contributed by atoms with E-state index in [0.717, 1.165) is 36.8 Å². The van der Waals surface area contributed by atoms with Crippen molar-refractivity contribution >= 4 is 45.7 Å². The highest BCUT2D eigenvalue weighted by molar-refractivity contribution is 7.80. The molecule has 1 aromatic carbocycles. The molecule has 2 aromatic rings. The Bertz CT molecular complexity index is 1010. The number of thiophene rings is 1. The third-order valence-corrected chi connectivity index (χ3v) is 5.99. The molecule has 0 aliphatic heterocycles. The number of benzene rings is 1. The quantitative estimate of drug-likeness (QED) is 0.553. The van der Waals surface area contributed by atoms with Crippen LogP contribution in [0.2, 0.25) is 0 Å². The molecule has 8 heteroatoms. The number of amides is 1. The van der Waals surface area contributed by atoms with Crippen LogP contribution >= 0.6 is 23.6 Å². The first-order valence-corrected chi connectivity index (χ1v) is 10.3. The smallest absolute Gasteiger partial charge is 0.250 e. The third kappa shape index (κ3) is 4.94. The summed E-state index contributed by atoms with van der Waals surface area (Å²) in [5.74, 6) is 0.835. The molecule has 0 spiro atoms. The van der Waals surface area contributed by atoms with Crippen LogP contribution in [0, 0.1) is 11.3 Å². The van der Waals surface area contributed by atoms with Gasteiger partial charge in [0.2, 0.25) is 5.91 Å². The number of anilines is 1. The Balaban J connectivity index is 1.63. The highest BCUT2D eigenvalue weighted by atomic mass is 32.1. The van der Waals surface area contributed by atoms with Crippen molar-refractivity contribution in [3.8, 4) is 17.6 Å². The molecular formula is C21H21N3O3S2. The number of carbonyl (C=O) groups excluding carboxylic acids is 1. The number of nitrogens with zero attached hydrogens (tertiary/aromatic N) is 1. The van der Waals surface area contributed by atoms with E-state index in [1.165, 1.54) is 11.0 Å². The zero-order valence-electron chi connectivity index (χ0n) is 16.2. The first-order chi connectivity index (χ1) is 14.0. The fourth-order valence-corrected chi connectivity index (χ4v) is 4.70. The predicted octanol–water partition coefficient (Wildman–Crippen LogP) is 4.04. The molecule has 2 N–H and O–H groups in total. The lowest BCUT2D eigenvalue weighted by atomic mass is 9.96. The number of hydrogen-bond acceptors (Lipinski definition) is 6. The largest absolute Gasteiger partial charge is 0.493 e. The molecular weight excluding hydrogens is 406 g/mol. The SMILES string of the molecule is COc1ccc(C=CC(=O)NC(=S)Nc2sc3c(c2C#N)CCCC3)cc1OC. The summed E-state index contributed by atoms with van der Waals surface area (Å²) in [4.78, 5) is 13.4. The maximum Gasteiger partial charge on any atom is 0.250 e. The lowest BCUT2D eigenvalue weighted by Crippen LogP contribution is -2.32. The molecule has 0 atom stereocenters. The second-order valence-electron chi connectivity index (χ2n) is 6.42. The van der Waals surface area contributed by atoms with Gasteiger partial charge in [-0.05, 0) is 67.2 Å². The van der Waals surface area contributed by atoms with E-state index in [4.69, 9.17) is 21.7 Å². The lowest BCUT2D eigenvalue weighted by Gasteiger charge is -2.09.